The number of hydrogen-bond acceptors (Lipinski definition) is 5. The van der Waals surface area contributed by atoms with E-state index < -0.39 is 0 Å². The lowest BCUT2D eigenvalue weighted by molar-refractivity contribution is 0.0793. The van der Waals surface area contributed by atoms with Crippen molar-refractivity contribution in [3.63, 3.8) is 0 Å². The third-order valence-corrected chi connectivity index (χ3v) is 5.01. The standard InChI is InChI=1S/C23H24N6O/c1-15-10-16(2)26-22(11-15)28-29(23(30)18-12-24-14-25-13-18)9-8-19-17(3)27-21-7-5-4-6-20(19)21/h4-7,10-14,27H,8-9H2,1-3H3,(H,26,28). The number of nitrogens with zero attached hydrogens (tertiary/aromatic N) is 4. The first-order valence-corrected chi connectivity index (χ1v) is 9.86. The van der Waals surface area contributed by atoms with Crippen LogP contribution in [0.5, 0.6) is 0 Å². The van der Waals surface area contributed by atoms with Crippen LogP contribution >= 0.6 is 0 Å². The number of para-hydroxylation sites is 1. The van der Waals surface area contributed by atoms with Gasteiger partial charge in [0.1, 0.15) is 12.1 Å². The molecule has 2 N–H and O–H groups in total. The van der Waals surface area contributed by atoms with Gasteiger partial charge in [-0.2, -0.15) is 0 Å². The number of carbonyl (C=O) groups is 1. The molecule has 0 fully saturated rings. The van der Waals surface area contributed by atoms with Crippen molar-refractivity contribution in [2.45, 2.75) is 27.2 Å². The van der Waals surface area contributed by atoms with Crippen LogP contribution in [-0.4, -0.2) is 37.4 Å². The molecular weight excluding hydrogens is 376 g/mol. The molecule has 7 heteroatoms. The van der Waals surface area contributed by atoms with Crippen molar-refractivity contribution >= 4 is 22.6 Å². The van der Waals surface area contributed by atoms with Crippen LogP contribution in [0.4, 0.5) is 5.82 Å². The Kier molecular flexibility index (Phi) is 5.43. The molecule has 3 aromatic heterocycles. The summed E-state index contributed by atoms with van der Waals surface area (Å²) in [7, 11) is 0. The maximum absolute atomic E-state index is 13.2. The molecular formula is C23H24N6O. The van der Waals surface area contributed by atoms with E-state index in [-0.39, 0.29) is 5.91 Å². The Morgan fingerprint density at radius 2 is 1.87 bits per heavy atom. The lowest BCUT2D eigenvalue weighted by Crippen LogP contribution is -2.38. The highest BCUT2D eigenvalue weighted by atomic mass is 16.2. The van der Waals surface area contributed by atoms with Crippen molar-refractivity contribution in [1.82, 2.24) is 24.9 Å². The van der Waals surface area contributed by atoms with Crippen molar-refractivity contribution < 1.29 is 4.79 Å². The van der Waals surface area contributed by atoms with E-state index in [1.165, 1.54) is 29.7 Å². The number of aromatic nitrogens is 4. The maximum Gasteiger partial charge on any atom is 0.275 e. The van der Waals surface area contributed by atoms with Gasteiger partial charge in [-0.1, -0.05) is 18.2 Å². The molecule has 3 heterocycles. The summed E-state index contributed by atoms with van der Waals surface area (Å²) in [5, 5.41) is 2.76. The zero-order valence-electron chi connectivity index (χ0n) is 17.3. The van der Waals surface area contributed by atoms with Crippen molar-refractivity contribution in [1.29, 1.82) is 0 Å². The van der Waals surface area contributed by atoms with Crippen LogP contribution in [0.15, 0.2) is 55.1 Å². The first-order valence-electron chi connectivity index (χ1n) is 9.86. The van der Waals surface area contributed by atoms with Crippen molar-refractivity contribution in [3.8, 4) is 0 Å². The van der Waals surface area contributed by atoms with Gasteiger partial charge in [-0.15, -0.1) is 0 Å². The lowest BCUT2D eigenvalue weighted by Gasteiger charge is -2.24. The molecule has 1 amide bonds. The second-order valence-electron chi connectivity index (χ2n) is 7.39. The van der Waals surface area contributed by atoms with Crippen LogP contribution in [0.25, 0.3) is 10.9 Å². The van der Waals surface area contributed by atoms with Gasteiger partial charge >= 0.3 is 0 Å². The summed E-state index contributed by atoms with van der Waals surface area (Å²) in [4.78, 5) is 29.1. The molecule has 0 spiro atoms. The second-order valence-corrected chi connectivity index (χ2v) is 7.39. The fourth-order valence-electron chi connectivity index (χ4n) is 3.69. The van der Waals surface area contributed by atoms with Crippen LogP contribution in [0.3, 0.4) is 0 Å². The van der Waals surface area contributed by atoms with Crippen LogP contribution in [0.2, 0.25) is 0 Å². The molecule has 0 aliphatic carbocycles. The molecule has 0 atom stereocenters. The molecule has 4 aromatic rings. The average Bonchev–Trinajstić information content (AvgIpc) is 3.05. The van der Waals surface area contributed by atoms with Crippen LogP contribution < -0.4 is 5.43 Å². The van der Waals surface area contributed by atoms with Gasteiger partial charge in [0, 0.05) is 41.2 Å². The van der Waals surface area contributed by atoms with E-state index in [9.17, 15) is 4.79 Å². The quantitative estimate of drug-likeness (QED) is 0.478. The number of anilines is 1. The van der Waals surface area contributed by atoms with E-state index in [0.29, 0.717) is 24.3 Å². The number of pyridine rings is 1. The highest BCUT2D eigenvalue weighted by molar-refractivity contribution is 5.94. The van der Waals surface area contributed by atoms with Gasteiger partial charge in [0.15, 0.2) is 0 Å². The molecule has 0 radical (unpaired) electrons. The van der Waals surface area contributed by atoms with E-state index in [0.717, 1.165) is 22.5 Å². The first kappa shape index (κ1) is 19.6. The maximum atomic E-state index is 13.2. The van der Waals surface area contributed by atoms with E-state index in [2.05, 4.69) is 44.4 Å². The summed E-state index contributed by atoms with van der Waals surface area (Å²) in [6.45, 7) is 6.47. The molecule has 30 heavy (non-hydrogen) atoms. The third-order valence-electron chi connectivity index (χ3n) is 5.01. The second kappa shape index (κ2) is 8.32. The number of amides is 1. The van der Waals surface area contributed by atoms with Crippen LogP contribution in [0, 0.1) is 20.8 Å². The Bertz CT molecular complexity index is 1160. The van der Waals surface area contributed by atoms with E-state index in [4.69, 9.17) is 0 Å². The van der Waals surface area contributed by atoms with E-state index in [1.54, 1.807) is 5.01 Å². The van der Waals surface area contributed by atoms with Gasteiger partial charge in [0.2, 0.25) is 0 Å². The fourth-order valence-corrected chi connectivity index (χ4v) is 3.69. The van der Waals surface area contributed by atoms with Crippen molar-refractivity contribution in [2.24, 2.45) is 0 Å². The molecule has 4 rings (SSSR count). The monoisotopic (exact) mass is 400 g/mol. The highest BCUT2D eigenvalue weighted by Crippen LogP contribution is 2.23. The summed E-state index contributed by atoms with van der Waals surface area (Å²) in [6.07, 6.45) is 5.15. The Morgan fingerprint density at radius 1 is 1.10 bits per heavy atom. The molecule has 0 unspecified atom stereocenters. The van der Waals surface area contributed by atoms with Gasteiger partial charge in [0.25, 0.3) is 5.91 Å². The molecule has 0 aliphatic heterocycles. The molecule has 0 saturated carbocycles. The van der Waals surface area contributed by atoms with Crippen molar-refractivity contribution in [2.75, 3.05) is 12.0 Å². The Balaban J connectivity index is 1.62. The molecule has 0 saturated heterocycles. The predicted molar refractivity (Wildman–Crippen MR) is 117 cm³/mol. The number of aryl methyl sites for hydroxylation is 3. The van der Waals surface area contributed by atoms with E-state index in [1.807, 2.05) is 38.1 Å². The molecule has 0 bridgehead atoms. The van der Waals surface area contributed by atoms with Crippen LogP contribution in [0.1, 0.15) is 32.9 Å². The number of carbonyl (C=O) groups excluding carboxylic acids is 1. The summed E-state index contributed by atoms with van der Waals surface area (Å²) in [5.41, 5.74) is 8.99. The minimum absolute atomic E-state index is 0.200. The Hall–Kier alpha value is -3.74. The summed E-state index contributed by atoms with van der Waals surface area (Å²) in [5.74, 6) is 0.433. The normalized spacial score (nSPS) is 10.9. The molecule has 1 aromatic carbocycles. The Morgan fingerprint density at radius 3 is 2.63 bits per heavy atom. The van der Waals surface area contributed by atoms with Crippen molar-refractivity contribution in [3.05, 3.63) is 83.2 Å². The lowest BCUT2D eigenvalue weighted by atomic mass is 10.1. The number of rotatable bonds is 6. The zero-order valence-corrected chi connectivity index (χ0v) is 17.3. The smallest absolute Gasteiger partial charge is 0.275 e. The number of fused-ring (bicyclic) bond motifs is 1. The zero-order chi connectivity index (χ0) is 21.1. The van der Waals surface area contributed by atoms with Gasteiger partial charge in [-0.3, -0.25) is 15.2 Å². The molecule has 7 nitrogen and oxygen atoms in total. The van der Waals surface area contributed by atoms with Crippen LogP contribution in [-0.2, 0) is 6.42 Å². The first-order chi connectivity index (χ1) is 14.5. The number of H-pyrrole nitrogens is 1. The predicted octanol–water partition coefficient (Wildman–Crippen LogP) is 3.99. The third kappa shape index (κ3) is 4.15. The average molecular weight is 400 g/mol. The summed E-state index contributed by atoms with van der Waals surface area (Å²) >= 11 is 0. The highest BCUT2D eigenvalue weighted by Gasteiger charge is 2.19. The van der Waals surface area contributed by atoms with Gasteiger partial charge in [0.05, 0.1) is 5.56 Å². The number of nitrogens with one attached hydrogen (secondary N) is 2. The number of benzene rings is 1. The SMILES string of the molecule is Cc1cc(C)nc(NN(CCc2c(C)[nH]c3ccccc23)C(=O)c2cncnc2)c1. The number of hydrogen-bond donors (Lipinski definition) is 2. The largest absolute Gasteiger partial charge is 0.358 e. The Labute approximate surface area is 175 Å². The van der Waals surface area contributed by atoms with Gasteiger partial charge in [-0.05, 0) is 56.5 Å². The van der Waals surface area contributed by atoms with E-state index >= 15 is 0 Å². The fraction of sp³-hybridized carbons (Fsp3) is 0.217. The molecule has 152 valence electrons. The topological polar surface area (TPSA) is 86.8 Å². The van der Waals surface area contributed by atoms with Gasteiger partial charge < -0.3 is 4.98 Å². The summed E-state index contributed by atoms with van der Waals surface area (Å²) < 4.78 is 0. The summed E-state index contributed by atoms with van der Waals surface area (Å²) in [6, 6.07) is 12.1. The van der Waals surface area contributed by atoms with Gasteiger partial charge in [-0.25, -0.2) is 15.0 Å². The molecule has 0 aliphatic rings. The minimum Gasteiger partial charge on any atom is -0.358 e. The minimum atomic E-state index is -0.200. The number of aromatic amines is 1. The number of hydrazine groups is 1.